The van der Waals surface area contributed by atoms with E-state index in [1.54, 1.807) is 0 Å². The van der Waals surface area contributed by atoms with Gasteiger partial charge in [0.25, 0.3) is 0 Å². The van der Waals surface area contributed by atoms with Crippen molar-refractivity contribution in [2.24, 2.45) is 40.4 Å². The molecule has 2 heteroatoms. The Kier molecular flexibility index (Phi) is 3.51. The van der Waals surface area contributed by atoms with E-state index in [-0.39, 0.29) is 0 Å². The number of fused-ring (bicyclic) bond motifs is 5. The first-order valence-corrected chi connectivity index (χ1v) is 9.56. The molecule has 122 valence electrons. The first kappa shape index (κ1) is 14.9. The van der Waals surface area contributed by atoms with Gasteiger partial charge in [0.1, 0.15) is 12.6 Å². The molecule has 1 unspecified atom stereocenters. The lowest BCUT2D eigenvalue weighted by Gasteiger charge is -2.58. The maximum Gasteiger partial charge on any atom is 0.133 e. The topological polar surface area (TPSA) is 34.1 Å². The molecule has 22 heavy (non-hydrogen) atoms. The van der Waals surface area contributed by atoms with Crippen LogP contribution in [0.15, 0.2) is 0 Å². The number of carbonyl (C=O) groups is 2. The Morgan fingerprint density at radius 2 is 1.59 bits per heavy atom. The van der Waals surface area contributed by atoms with Gasteiger partial charge in [-0.25, -0.2) is 0 Å². The fraction of sp³-hybridized carbons (Fsp3) is 0.900. The zero-order valence-electron chi connectivity index (χ0n) is 13.9. The second-order valence-corrected chi connectivity index (χ2v) is 9.12. The molecular formula is C20H30O2. The van der Waals surface area contributed by atoms with E-state index in [0.29, 0.717) is 23.2 Å². The average Bonchev–Trinajstić information content (AvgIpc) is 2.95. The molecule has 0 aliphatic heterocycles. The normalized spacial score (nSPS) is 49.6. The lowest BCUT2D eigenvalue weighted by Crippen LogP contribution is -2.54. The van der Waals surface area contributed by atoms with Gasteiger partial charge in [-0.2, -0.15) is 0 Å². The molecule has 4 fully saturated rings. The summed E-state index contributed by atoms with van der Waals surface area (Å²) >= 11 is 0. The molecule has 0 bridgehead atoms. The smallest absolute Gasteiger partial charge is 0.133 e. The van der Waals surface area contributed by atoms with Crippen molar-refractivity contribution in [1.82, 2.24) is 0 Å². The highest BCUT2D eigenvalue weighted by Crippen LogP contribution is 2.64. The molecule has 0 radical (unpaired) electrons. The van der Waals surface area contributed by atoms with E-state index in [0.717, 1.165) is 37.2 Å². The zero-order valence-corrected chi connectivity index (χ0v) is 13.9. The fourth-order valence-corrected chi connectivity index (χ4v) is 7.41. The van der Waals surface area contributed by atoms with Crippen molar-refractivity contribution in [3.63, 3.8) is 0 Å². The Morgan fingerprint density at radius 1 is 0.818 bits per heavy atom. The first-order chi connectivity index (χ1) is 10.6. The lowest BCUT2D eigenvalue weighted by molar-refractivity contribution is -0.147. The van der Waals surface area contributed by atoms with Gasteiger partial charge < -0.3 is 9.59 Å². The molecule has 4 aliphatic rings. The van der Waals surface area contributed by atoms with Crippen LogP contribution in [0.3, 0.4) is 0 Å². The highest BCUT2D eigenvalue weighted by atomic mass is 16.1. The largest absolute Gasteiger partial charge is 0.302 e. The van der Waals surface area contributed by atoms with Crippen LogP contribution in [0.25, 0.3) is 0 Å². The van der Waals surface area contributed by atoms with E-state index < -0.39 is 5.41 Å². The quantitative estimate of drug-likeness (QED) is 0.559. The van der Waals surface area contributed by atoms with Crippen molar-refractivity contribution in [1.29, 1.82) is 0 Å². The van der Waals surface area contributed by atoms with Gasteiger partial charge in [0.2, 0.25) is 0 Å². The molecule has 0 aromatic carbocycles. The molecule has 4 rings (SSSR count). The molecule has 0 N–H and O–H groups in total. The van der Waals surface area contributed by atoms with Crippen molar-refractivity contribution < 1.29 is 9.59 Å². The van der Waals surface area contributed by atoms with Gasteiger partial charge in [0, 0.05) is 0 Å². The first-order valence-electron chi connectivity index (χ1n) is 9.56. The van der Waals surface area contributed by atoms with Crippen LogP contribution in [0.1, 0.15) is 71.1 Å². The Balaban J connectivity index is 1.69. The summed E-state index contributed by atoms with van der Waals surface area (Å²) in [5.74, 6) is 3.30. The van der Waals surface area contributed by atoms with Crippen LogP contribution < -0.4 is 0 Å². The predicted molar refractivity (Wildman–Crippen MR) is 86.3 cm³/mol. The standard InChI is InChI=1S/C20H30O2/c1-19-9-3-5-17(19)15-7-6-14-4-2-10-20(12-21,13-22)18(14)16(15)8-11-19/h12-18H,2-11H2,1H3/t14?,15-,16+,17+,18+,19+/m1/s1. The Hall–Kier alpha value is -0.660. The molecule has 0 heterocycles. The maximum absolute atomic E-state index is 11.9. The summed E-state index contributed by atoms with van der Waals surface area (Å²) in [6.07, 6.45) is 14.6. The van der Waals surface area contributed by atoms with Crippen LogP contribution in [0, 0.1) is 40.4 Å². The van der Waals surface area contributed by atoms with Crippen LogP contribution in [0.2, 0.25) is 0 Å². The van der Waals surface area contributed by atoms with E-state index in [4.69, 9.17) is 0 Å². The van der Waals surface area contributed by atoms with Gasteiger partial charge >= 0.3 is 0 Å². The molecule has 6 atom stereocenters. The minimum atomic E-state index is -0.640. The summed E-state index contributed by atoms with van der Waals surface area (Å²) in [7, 11) is 0. The number of aldehydes is 2. The van der Waals surface area contributed by atoms with E-state index in [1.807, 2.05) is 0 Å². The summed E-state index contributed by atoms with van der Waals surface area (Å²) in [6.45, 7) is 2.51. The Morgan fingerprint density at radius 3 is 2.36 bits per heavy atom. The van der Waals surface area contributed by atoms with Gasteiger partial charge in [-0.05, 0) is 80.0 Å². The highest BCUT2D eigenvalue weighted by molar-refractivity contribution is 5.84. The summed E-state index contributed by atoms with van der Waals surface area (Å²) in [5.41, 5.74) is -0.0771. The number of rotatable bonds is 2. The third-order valence-corrected chi connectivity index (χ3v) is 8.36. The van der Waals surface area contributed by atoms with Crippen LogP contribution in [0.5, 0.6) is 0 Å². The van der Waals surface area contributed by atoms with Crippen molar-refractivity contribution in [3.8, 4) is 0 Å². The van der Waals surface area contributed by atoms with Crippen molar-refractivity contribution >= 4 is 12.6 Å². The Bertz CT molecular complexity index is 462. The van der Waals surface area contributed by atoms with Gasteiger partial charge in [-0.15, -0.1) is 0 Å². The van der Waals surface area contributed by atoms with E-state index in [1.165, 1.54) is 51.4 Å². The summed E-state index contributed by atoms with van der Waals surface area (Å²) in [6, 6.07) is 0. The summed E-state index contributed by atoms with van der Waals surface area (Å²) in [5, 5.41) is 0. The second-order valence-electron chi connectivity index (χ2n) is 9.12. The van der Waals surface area contributed by atoms with E-state index >= 15 is 0 Å². The molecule has 0 spiro atoms. The Labute approximate surface area is 134 Å². The number of hydrogen-bond donors (Lipinski definition) is 0. The molecule has 4 saturated carbocycles. The van der Waals surface area contributed by atoms with Crippen molar-refractivity contribution in [3.05, 3.63) is 0 Å². The van der Waals surface area contributed by atoms with E-state index in [2.05, 4.69) is 6.92 Å². The van der Waals surface area contributed by atoms with Crippen LogP contribution in [-0.2, 0) is 9.59 Å². The summed E-state index contributed by atoms with van der Waals surface area (Å²) < 4.78 is 0. The fourth-order valence-electron chi connectivity index (χ4n) is 7.41. The van der Waals surface area contributed by atoms with Gasteiger partial charge in [-0.3, -0.25) is 0 Å². The van der Waals surface area contributed by atoms with Gasteiger partial charge in [0.05, 0.1) is 5.41 Å². The monoisotopic (exact) mass is 302 g/mol. The third kappa shape index (κ3) is 1.91. The van der Waals surface area contributed by atoms with Gasteiger partial charge in [-0.1, -0.05) is 26.2 Å². The maximum atomic E-state index is 11.9. The van der Waals surface area contributed by atoms with Crippen LogP contribution >= 0.6 is 0 Å². The SMILES string of the molecule is C[C@@]12CCC[C@H]1[C@@H]1CCC3CCCC(C=O)(C=O)[C@@H]3[C@H]1CC2. The van der Waals surface area contributed by atoms with E-state index in [9.17, 15) is 9.59 Å². The molecule has 0 amide bonds. The molecule has 4 aliphatic carbocycles. The van der Waals surface area contributed by atoms with Crippen molar-refractivity contribution in [2.45, 2.75) is 71.1 Å². The molecule has 0 aromatic rings. The molecule has 2 nitrogen and oxygen atoms in total. The molecule has 0 aromatic heterocycles. The average molecular weight is 302 g/mol. The third-order valence-electron chi connectivity index (χ3n) is 8.36. The van der Waals surface area contributed by atoms with Crippen LogP contribution in [-0.4, -0.2) is 12.6 Å². The summed E-state index contributed by atoms with van der Waals surface area (Å²) in [4.78, 5) is 23.8. The van der Waals surface area contributed by atoms with Gasteiger partial charge in [0.15, 0.2) is 0 Å². The zero-order chi connectivity index (χ0) is 15.4. The highest BCUT2D eigenvalue weighted by Gasteiger charge is 2.58. The number of hydrogen-bond acceptors (Lipinski definition) is 2. The predicted octanol–water partition coefficient (Wildman–Crippen LogP) is 4.41. The molecular weight excluding hydrogens is 272 g/mol. The molecule has 0 saturated heterocycles. The minimum absolute atomic E-state index is 0.361. The number of carbonyl (C=O) groups excluding carboxylic acids is 2. The second kappa shape index (κ2) is 5.18. The lowest BCUT2D eigenvalue weighted by atomic mass is 9.46. The van der Waals surface area contributed by atoms with Crippen LogP contribution in [0.4, 0.5) is 0 Å². The van der Waals surface area contributed by atoms with Crippen molar-refractivity contribution in [2.75, 3.05) is 0 Å². The minimum Gasteiger partial charge on any atom is -0.302 e.